The fourth-order valence-electron chi connectivity index (χ4n) is 2.51. The van der Waals surface area contributed by atoms with Gasteiger partial charge in [-0.25, -0.2) is 4.79 Å². The van der Waals surface area contributed by atoms with Crippen molar-refractivity contribution in [2.75, 3.05) is 24.8 Å². The minimum atomic E-state index is 0.0692. The number of carbonyl (C=O) groups excluding carboxylic acids is 1. The van der Waals surface area contributed by atoms with E-state index in [0.717, 1.165) is 29.2 Å². The summed E-state index contributed by atoms with van der Waals surface area (Å²) in [4.78, 5) is 18.7. The maximum atomic E-state index is 12.7. The first-order valence-electron chi connectivity index (χ1n) is 7.36. The molecule has 0 aliphatic carbocycles. The maximum absolute atomic E-state index is 12.7. The van der Waals surface area contributed by atoms with Crippen LogP contribution in [-0.4, -0.2) is 46.1 Å². The molecule has 2 rings (SSSR count). The van der Waals surface area contributed by atoms with Crippen LogP contribution in [0, 0.1) is 6.92 Å². The van der Waals surface area contributed by atoms with Crippen molar-refractivity contribution < 1.29 is 4.79 Å². The Morgan fingerprint density at radius 2 is 2.14 bits per heavy atom. The molecule has 21 heavy (non-hydrogen) atoms. The van der Waals surface area contributed by atoms with Crippen LogP contribution in [0.5, 0.6) is 0 Å². The number of anilines is 1. The lowest BCUT2D eigenvalue weighted by Crippen LogP contribution is -2.60. The fraction of sp³-hybridized carbons (Fsp3) is 0.600. The van der Waals surface area contributed by atoms with Crippen molar-refractivity contribution in [3.63, 3.8) is 0 Å². The summed E-state index contributed by atoms with van der Waals surface area (Å²) in [7, 11) is 0. The van der Waals surface area contributed by atoms with E-state index in [0.29, 0.717) is 13.3 Å². The largest absolute Gasteiger partial charge is 0.327 e. The van der Waals surface area contributed by atoms with Crippen molar-refractivity contribution in [1.82, 2.24) is 14.2 Å². The van der Waals surface area contributed by atoms with Gasteiger partial charge in [-0.1, -0.05) is 13.0 Å². The summed E-state index contributed by atoms with van der Waals surface area (Å²) in [6.45, 7) is 14.1. The molecule has 1 fully saturated rings. The molecule has 0 unspecified atom stereocenters. The Balaban J connectivity index is 2.32. The molecule has 1 aromatic rings. The van der Waals surface area contributed by atoms with Crippen molar-refractivity contribution in [1.29, 1.82) is 0 Å². The van der Waals surface area contributed by atoms with Gasteiger partial charge in [0.1, 0.15) is 5.00 Å². The quantitative estimate of drug-likeness (QED) is 0.785. The Hall–Kier alpha value is -1.40. The topological polar surface area (TPSA) is 39.7 Å². The standard InChI is InChI=1S/C15H24N4OS/c1-6-8-17-9-18(11(3)4)15(20)19(10-17)14-12(5)13(7-2)16-21-14/h6,11H,1,7-10H2,2-5H3. The molecular formula is C15H24N4OS. The molecule has 5 nitrogen and oxygen atoms in total. The second-order valence-electron chi connectivity index (χ2n) is 5.61. The molecule has 1 aromatic heterocycles. The van der Waals surface area contributed by atoms with Gasteiger partial charge in [-0.3, -0.25) is 9.80 Å². The molecule has 0 N–H and O–H groups in total. The summed E-state index contributed by atoms with van der Waals surface area (Å²) in [5, 5.41) is 0.969. The number of amides is 2. The molecule has 2 amide bonds. The van der Waals surface area contributed by atoms with Crippen LogP contribution >= 0.6 is 11.5 Å². The zero-order valence-electron chi connectivity index (χ0n) is 13.3. The van der Waals surface area contributed by atoms with Gasteiger partial charge in [-0.05, 0) is 38.7 Å². The fourth-order valence-corrected chi connectivity index (χ4v) is 3.46. The number of hydrogen-bond acceptors (Lipinski definition) is 4. The van der Waals surface area contributed by atoms with Crippen molar-refractivity contribution in [2.24, 2.45) is 0 Å². The van der Waals surface area contributed by atoms with Gasteiger partial charge in [0.2, 0.25) is 0 Å². The van der Waals surface area contributed by atoms with E-state index >= 15 is 0 Å². The van der Waals surface area contributed by atoms with Crippen molar-refractivity contribution in [3.8, 4) is 0 Å². The molecule has 1 aliphatic heterocycles. The Labute approximate surface area is 131 Å². The Morgan fingerprint density at radius 3 is 2.67 bits per heavy atom. The van der Waals surface area contributed by atoms with E-state index in [1.54, 1.807) is 0 Å². The van der Waals surface area contributed by atoms with Crippen LogP contribution in [0.4, 0.5) is 9.80 Å². The Morgan fingerprint density at radius 1 is 1.43 bits per heavy atom. The molecule has 0 saturated carbocycles. The van der Waals surface area contributed by atoms with E-state index in [-0.39, 0.29) is 12.1 Å². The number of hydrogen-bond donors (Lipinski definition) is 0. The van der Waals surface area contributed by atoms with E-state index in [9.17, 15) is 4.79 Å². The third-order valence-electron chi connectivity index (χ3n) is 3.76. The van der Waals surface area contributed by atoms with Crippen molar-refractivity contribution >= 4 is 22.6 Å². The number of rotatable bonds is 5. The summed E-state index contributed by atoms with van der Waals surface area (Å²) >= 11 is 1.42. The highest BCUT2D eigenvalue weighted by Gasteiger charge is 2.34. The van der Waals surface area contributed by atoms with Crippen LogP contribution in [0.2, 0.25) is 0 Å². The van der Waals surface area contributed by atoms with Crippen LogP contribution in [0.25, 0.3) is 0 Å². The number of nitrogens with zero attached hydrogens (tertiary/aromatic N) is 4. The lowest BCUT2D eigenvalue weighted by molar-refractivity contribution is 0.106. The van der Waals surface area contributed by atoms with Crippen LogP contribution in [-0.2, 0) is 6.42 Å². The van der Waals surface area contributed by atoms with Crippen molar-refractivity contribution in [2.45, 2.75) is 40.2 Å². The summed E-state index contributed by atoms with van der Waals surface area (Å²) in [5.41, 5.74) is 2.21. The predicted molar refractivity (Wildman–Crippen MR) is 87.7 cm³/mol. The number of urea groups is 1. The van der Waals surface area contributed by atoms with Crippen LogP contribution in [0.3, 0.4) is 0 Å². The summed E-state index contributed by atoms with van der Waals surface area (Å²) < 4.78 is 4.48. The monoisotopic (exact) mass is 308 g/mol. The highest BCUT2D eigenvalue weighted by molar-refractivity contribution is 7.10. The van der Waals surface area contributed by atoms with Gasteiger partial charge in [0.15, 0.2) is 0 Å². The molecule has 0 bridgehead atoms. The van der Waals surface area contributed by atoms with E-state index in [4.69, 9.17) is 0 Å². The normalized spacial score (nSPS) is 16.9. The molecule has 0 spiro atoms. The molecular weight excluding hydrogens is 284 g/mol. The van der Waals surface area contributed by atoms with E-state index in [1.807, 2.05) is 29.7 Å². The first-order chi connectivity index (χ1) is 9.99. The predicted octanol–water partition coefficient (Wildman–Crippen LogP) is 3.07. The molecule has 0 atom stereocenters. The van der Waals surface area contributed by atoms with Gasteiger partial charge >= 0.3 is 6.03 Å². The van der Waals surface area contributed by atoms with Gasteiger partial charge < -0.3 is 4.90 Å². The number of aromatic nitrogens is 1. The van der Waals surface area contributed by atoms with E-state index < -0.39 is 0 Å². The average molecular weight is 308 g/mol. The molecule has 116 valence electrons. The third-order valence-corrected chi connectivity index (χ3v) is 4.77. The highest BCUT2D eigenvalue weighted by atomic mass is 32.1. The lowest BCUT2D eigenvalue weighted by Gasteiger charge is -2.43. The summed E-state index contributed by atoms with van der Waals surface area (Å²) in [6, 6.07) is 0.242. The third kappa shape index (κ3) is 3.11. The van der Waals surface area contributed by atoms with E-state index in [1.165, 1.54) is 11.5 Å². The minimum absolute atomic E-state index is 0.0692. The SMILES string of the molecule is C=CCN1CN(c2snc(CC)c2C)C(=O)N(C(C)C)C1. The van der Waals surface area contributed by atoms with Crippen LogP contribution < -0.4 is 4.90 Å². The van der Waals surface area contributed by atoms with Gasteiger partial charge in [0, 0.05) is 18.2 Å². The van der Waals surface area contributed by atoms with Crippen LogP contribution in [0.15, 0.2) is 12.7 Å². The van der Waals surface area contributed by atoms with Gasteiger partial charge in [0.25, 0.3) is 0 Å². The second-order valence-corrected chi connectivity index (χ2v) is 6.36. The smallest absolute Gasteiger partial charge is 0.309 e. The average Bonchev–Trinajstić information content (AvgIpc) is 2.81. The molecule has 0 radical (unpaired) electrons. The molecule has 1 saturated heterocycles. The Bertz CT molecular complexity index is 526. The first kappa shape index (κ1) is 16.0. The van der Waals surface area contributed by atoms with Gasteiger partial charge in [-0.2, -0.15) is 4.37 Å². The maximum Gasteiger partial charge on any atom is 0.327 e. The molecule has 2 heterocycles. The molecule has 1 aliphatic rings. The second kappa shape index (κ2) is 6.58. The van der Waals surface area contributed by atoms with Gasteiger partial charge in [-0.15, -0.1) is 6.58 Å². The highest BCUT2D eigenvalue weighted by Crippen LogP contribution is 2.31. The Kier molecular flexibility index (Phi) is 5.00. The lowest BCUT2D eigenvalue weighted by atomic mass is 10.2. The summed E-state index contributed by atoms with van der Waals surface area (Å²) in [5.74, 6) is 0. The van der Waals surface area contributed by atoms with Crippen molar-refractivity contribution in [3.05, 3.63) is 23.9 Å². The van der Waals surface area contributed by atoms with Crippen LogP contribution in [0.1, 0.15) is 32.0 Å². The van der Waals surface area contributed by atoms with E-state index in [2.05, 4.69) is 29.7 Å². The first-order valence-corrected chi connectivity index (χ1v) is 8.13. The zero-order valence-corrected chi connectivity index (χ0v) is 14.1. The number of carbonyl (C=O) groups is 1. The summed E-state index contributed by atoms with van der Waals surface area (Å²) in [6.07, 6.45) is 2.78. The zero-order chi connectivity index (χ0) is 15.6. The van der Waals surface area contributed by atoms with Gasteiger partial charge in [0.05, 0.1) is 19.0 Å². The minimum Gasteiger partial charge on any atom is -0.309 e. The number of aryl methyl sites for hydroxylation is 1. The molecule has 6 heteroatoms. The molecule has 0 aromatic carbocycles.